The van der Waals surface area contributed by atoms with Crippen LogP contribution in [0.4, 0.5) is 8.78 Å². The van der Waals surface area contributed by atoms with Gasteiger partial charge in [0.15, 0.2) is 0 Å². The van der Waals surface area contributed by atoms with E-state index in [2.05, 4.69) is 0 Å². The normalized spacial score (nSPS) is 10.3. The van der Waals surface area contributed by atoms with Gasteiger partial charge >= 0.3 is 14.8 Å². The predicted molar refractivity (Wildman–Crippen MR) is 79.8 cm³/mol. The predicted octanol–water partition coefficient (Wildman–Crippen LogP) is 4.55. The first kappa shape index (κ1) is 15.8. The molecule has 2 rings (SSSR count). The summed E-state index contributed by atoms with van der Waals surface area (Å²) in [6.45, 7) is 5.57. The largest absolute Gasteiger partial charge is 0.856 e. The van der Waals surface area contributed by atoms with Gasteiger partial charge in [-0.2, -0.15) is 0 Å². The number of halogens is 2. The fraction of sp³-hybridized carbons (Fsp3) is 0.250. The highest BCUT2D eigenvalue weighted by molar-refractivity contribution is 6.46. The second-order valence-corrected chi connectivity index (χ2v) is 7.04. The molecular formula is C16H17AlF2O2. The van der Waals surface area contributed by atoms with Crippen LogP contribution >= 0.6 is 0 Å². The average Bonchev–Trinajstić information content (AvgIpc) is 2.43. The molecule has 5 heteroatoms. The molecule has 0 fully saturated rings. The van der Waals surface area contributed by atoms with Gasteiger partial charge in [-0.15, -0.1) is 0 Å². The van der Waals surface area contributed by atoms with Crippen molar-refractivity contribution in [2.24, 2.45) is 0 Å². The third kappa shape index (κ3) is 4.20. The summed E-state index contributed by atoms with van der Waals surface area (Å²) in [7, 11) is 0. The molecule has 0 heterocycles. The number of rotatable bonds is 5. The lowest BCUT2D eigenvalue weighted by molar-refractivity contribution is 0.418. The van der Waals surface area contributed by atoms with Gasteiger partial charge in [0, 0.05) is 0 Å². The highest BCUT2D eigenvalue weighted by Gasteiger charge is 2.30. The Labute approximate surface area is 128 Å². The highest BCUT2D eigenvalue weighted by Crippen LogP contribution is 2.23. The Morgan fingerprint density at radius 3 is 1.62 bits per heavy atom. The van der Waals surface area contributed by atoms with Gasteiger partial charge in [-0.25, -0.2) is 8.78 Å². The second-order valence-electron chi connectivity index (χ2n) is 4.89. The molecule has 2 aromatic carbocycles. The van der Waals surface area contributed by atoms with Crippen LogP contribution in [0.15, 0.2) is 36.4 Å². The molecule has 0 spiro atoms. The van der Waals surface area contributed by atoms with Crippen LogP contribution in [0.25, 0.3) is 0 Å². The Bertz CT molecular complexity index is 578. The van der Waals surface area contributed by atoms with E-state index in [1.807, 2.05) is 6.92 Å². The molecule has 0 aliphatic heterocycles. The van der Waals surface area contributed by atoms with Crippen LogP contribution in [0, 0.1) is 25.5 Å². The maximum Gasteiger partial charge on any atom is 0.856 e. The van der Waals surface area contributed by atoms with Crippen molar-refractivity contribution >= 4 is 14.8 Å². The molecule has 0 aliphatic rings. The zero-order chi connectivity index (χ0) is 15.4. The van der Waals surface area contributed by atoms with Crippen LogP contribution in [-0.4, -0.2) is 14.8 Å². The van der Waals surface area contributed by atoms with Gasteiger partial charge in [0.25, 0.3) is 0 Å². The lowest BCUT2D eigenvalue weighted by Crippen LogP contribution is -2.29. The van der Waals surface area contributed by atoms with Crippen molar-refractivity contribution in [1.29, 1.82) is 0 Å². The van der Waals surface area contributed by atoms with E-state index in [4.69, 9.17) is 7.58 Å². The molecule has 0 aliphatic carbocycles. The maximum absolute atomic E-state index is 13.1. The molecule has 0 unspecified atom stereocenters. The molecule has 0 radical (unpaired) electrons. The first-order chi connectivity index (χ1) is 9.99. The van der Waals surface area contributed by atoms with Crippen LogP contribution in [-0.2, 0) is 0 Å². The Balaban J connectivity index is 2.13. The lowest BCUT2D eigenvalue weighted by Gasteiger charge is -2.18. The van der Waals surface area contributed by atoms with E-state index in [-0.39, 0.29) is 11.6 Å². The van der Waals surface area contributed by atoms with E-state index in [1.165, 1.54) is 24.3 Å². The van der Waals surface area contributed by atoms with Crippen LogP contribution in [0.3, 0.4) is 0 Å². The molecule has 0 atom stereocenters. The Morgan fingerprint density at radius 2 is 1.29 bits per heavy atom. The van der Waals surface area contributed by atoms with Crippen LogP contribution in [0.2, 0.25) is 5.28 Å². The van der Waals surface area contributed by atoms with E-state index >= 15 is 0 Å². The summed E-state index contributed by atoms with van der Waals surface area (Å²) in [5.41, 5.74) is 1.47. The minimum atomic E-state index is -2.00. The molecule has 0 aromatic heterocycles. The number of benzene rings is 2. The van der Waals surface area contributed by atoms with E-state index in [9.17, 15) is 8.78 Å². The highest BCUT2D eigenvalue weighted by atomic mass is 27.2. The van der Waals surface area contributed by atoms with E-state index in [0.29, 0.717) is 11.5 Å². The smallest absolute Gasteiger partial charge is 0.612 e. The Morgan fingerprint density at radius 1 is 0.857 bits per heavy atom. The third-order valence-electron chi connectivity index (χ3n) is 3.12. The number of aryl methyl sites for hydroxylation is 2. The molecular weight excluding hydrogens is 289 g/mol. The molecule has 0 saturated heterocycles. The van der Waals surface area contributed by atoms with Gasteiger partial charge in [0.2, 0.25) is 0 Å². The zero-order valence-electron chi connectivity index (χ0n) is 12.3. The molecule has 110 valence electrons. The summed E-state index contributed by atoms with van der Waals surface area (Å²) < 4.78 is 38.0. The van der Waals surface area contributed by atoms with Crippen LogP contribution < -0.4 is 7.58 Å². The first-order valence-corrected chi connectivity index (χ1v) is 8.61. The number of hydrogen-bond donors (Lipinski definition) is 0. The molecule has 0 bridgehead atoms. The van der Waals surface area contributed by atoms with Gasteiger partial charge in [0.05, 0.1) is 11.5 Å². The van der Waals surface area contributed by atoms with E-state index in [1.54, 1.807) is 26.0 Å². The quantitative estimate of drug-likeness (QED) is 0.755. The molecule has 0 N–H and O–H groups in total. The summed E-state index contributed by atoms with van der Waals surface area (Å²) in [6, 6.07) is 8.82. The van der Waals surface area contributed by atoms with Crippen molar-refractivity contribution in [3.63, 3.8) is 0 Å². The molecule has 0 saturated carbocycles. The van der Waals surface area contributed by atoms with Crippen LogP contribution in [0.5, 0.6) is 11.5 Å². The molecule has 2 aromatic rings. The SMILES string of the molecule is C[CH2][Al]([O]c1ccc(F)cc1C)[O]c1ccc(F)cc1C. The van der Waals surface area contributed by atoms with Crippen LogP contribution in [0.1, 0.15) is 18.1 Å². The van der Waals surface area contributed by atoms with Crippen molar-refractivity contribution in [3.8, 4) is 11.5 Å². The van der Waals surface area contributed by atoms with Crippen molar-refractivity contribution < 1.29 is 16.4 Å². The summed E-state index contributed by atoms with van der Waals surface area (Å²) in [4.78, 5) is 0. The Kier molecular flexibility index (Phi) is 5.22. The minimum absolute atomic E-state index is 0.287. The first-order valence-electron chi connectivity index (χ1n) is 6.85. The van der Waals surface area contributed by atoms with Crippen molar-refractivity contribution in [2.45, 2.75) is 26.1 Å². The zero-order valence-corrected chi connectivity index (χ0v) is 13.5. The summed E-state index contributed by atoms with van der Waals surface area (Å²) >= 11 is -2.00. The molecule has 2 nitrogen and oxygen atoms in total. The van der Waals surface area contributed by atoms with E-state index in [0.717, 1.165) is 16.4 Å². The second kappa shape index (κ2) is 6.93. The number of hydrogen-bond acceptors (Lipinski definition) is 2. The van der Waals surface area contributed by atoms with Gasteiger partial charge in [-0.1, -0.05) is 6.92 Å². The topological polar surface area (TPSA) is 18.5 Å². The third-order valence-corrected chi connectivity index (χ3v) is 4.82. The average molecular weight is 306 g/mol. The summed E-state index contributed by atoms with van der Waals surface area (Å²) in [5.74, 6) is 0.694. The van der Waals surface area contributed by atoms with Crippen molar-refractivity contribution in [3.05, 3.63) is 59.2 Å². The Hall–Kier alpha value is -1.57. The molecule has 0 amide bonds. The van der Waals surface area contributed by atoms with Crippen molar-refractivity contribution in [1.82, 2.24) is 0 Å². The summed E-state index contributed by atoms with van der Waals surface area (Å²) in [6.07, 6.45) is 0. The van der Waals surface area contributed by atoms with Gasteiger partial charge in [-0.05, 0) is 66.7 Å². The monoisotopic (exact) mass is 306 g/mol. The van der Waals surface area contributed by atoms with E-state index < -0.39 is 14.8 Å². The lowest BCUT2D eigenvalue weighted by atomic mass is 10.2. The summed E-state index contributed by atoms with van der Waals surface area (Å²) in [5, 5.41) is 0.744. The van der Waals surface area contributed by atoms with Gasteiger partial charge in [-0.3, -0.25) is 0 Å². The van der Waals surface area contributed by atoms with Gasteiger partial charge in [0.1, 0.15) is 11.6 Å². The van der Waals surface area contributed by atoms with Crippen molar-refractivity contribution in [2.75, 3.05) is 0 Å². The fourth-order valence-corrected chi connectivity index (χ4v) is 3.44. The molecule has 21 heavy (non-hydrogen) atoms. The minimum Gasteiger partial charge on any atom is -0.612 e. The van der Waals surface area contributed by atoms with Gasteiger partial charge < -0.3 is 7.58 Å². The standard InChI is InChI=1S/2C7H7FO.C2H5.Al/c2*1-5-4-6(8)2-3-7(5)9;1-2;/h2*2-4,9H,1H3;1H2,2H3;/q;;;+2/p-2. The maximum atomic E-state index is 13.1. The fourth-order valence-electron chi connectivity index (χ4n) is 1.96.